The van der Waals surface area contributed by atoms with Crippen LogP contribution in [0.5, 0.6) is 0 Å². The van der Waals surface area contributed by atoms with E-state index in [0.717, 1.165) is 6.20 Å². The molecule has 0 amide bonds. The van der Waals surface area contributed by atoms with E-state index >= 15 is 0 Å². The zero-order chi connectivity index (χ0) is 13.1. The van der Waals surface area contributed by atoms with Crippen molar-refractivity contribution in [3.8, 4) is 0 Å². The minimum absolute atomic E-state index is 0.00198. The van der Waals surface area contributed by atoms with Crippen molar-refractivity contribution in [2.45, 2.75) is 0 Å². The summed E-state index contributed by atoms with van der Waals surface area (Å²) < 4.78 is 27.2. The van der Waals surface area contributed by atoms with Crippen molar-refractivity contribution < 1.29 is 8.78 Å². The number of anilines is 3. The lowest BCUT2D eigenvalue weighted by Crippen LogP contribution is -2.04. The van der Waals surface area contributed by atoms with Crippen LogP contribution in [0, 0.1) is 15.2 Å². The van der Waals surface area contributed by atoms with Gasteiger partial charge in [-0.3, -0.25) is 0 Å². The first kappa shape index (κ1) is 12.9. The molecule has 0 unspecified atom stereocenters. The Morgan fingerprint density at radius 1 is 1.22 bits per heavy atom. The van der Waals surface area contributed by atoms with E-state index in [1.54, 1.807) is 13.1 Å². The van der Waals surface area contributed by atoms with Crippen molar-refractivity contribution >= 4 is 40.0 Å². The van der Waals surface area contributed by atoms with Crippen molar-refractivity contribution in [1.29, 1.82) is 0 Å². The molecule has 0 bridgehead atoms. The zero-order valence-corrected chi connectivity index (χ0v) is 11.5. The molecule has 2 rings (SSSR count). The molecule has 0 saturated carbocycles. The molecule has 94 valence electrons. The van der Waals surface area contributed by atoms with E-state index in [4.69, 9.17) is 0 Å². The van der Waals surface area contributed by atoms with E-state index in [0.29, 0.717) is 9.26 Å². The fourth-order valence-corrected chi connectivity index (χ4v) is 1.80. The number of nitrogens with zero attached hydrogens (tertiary/aromatic N) is 2. The van der Waals surface area contributed by atoms with E-state index < -0.39 is 5.82 Å². The van der Waals surface area contributed by atoms with Crippen LogP contribution in [0.25, 0.3) is 0 Å². The van der Waals surface area contributed by atoms with Gasteiger partial charge in [0.2, 0.25) is 5.95 Å². The minimum atomic E-state index is -0.603. The molecule has 2 aromatic rings. The predicted molar refractivity (Wildman–Crippen MR) is 73.9 cm³/mol. The number of nitrogens with one attached hydrogen (secondary N) is 2. The van der Waals surface area contributed by atoms with E-state index in [-0.39, 0.29) is 17.6 Å². The maximum absolute atomic E-state index is 13.5. The molecule has 1 heterocycles. The molecule has 0 aliphatic heterocycles. The maximum atomic E-state index is 13.5. The highest BCUT2D eigenvalue weighted by Crippen LogP contribution is 2.25. The second kappa shape index (κ2) is 5.42. The Kier molecular flexibility index (Phi) is 3.90. The fourth-order valence-electron chi connectivity index (χ4n) is 1.30. The monoisotopic (exact) mass is 362 g/mol. The standard InChI is InChI=1S/C11H9F2IN4/c1-15-11-16-5-7(13)10(18-11)17-8-4-2-3-6(12)9(8)14/h2-5H,1H3,(H2,15,16,17,18). The Hall–Kier alpha value is -1.51. The molecule has 0 spiro atoms. The first-order valence-electron chi connectivity index (χ1n) is 5.03. The van der Waals surface area contributed by atoms with Crippen molar-refractivity contribution in [2.75, 3.05) is 17.7 Å². The second-order valence-corrected chi connectivity index (χ2v) is 4.45. The van der Waals surface area contributed by atoms with Gasteiger partial charge in [0.15, 0.2) is 11.6 Å². The van der Waals surface area contributed by atoms with Crippen molar-refractivity contribution in [1.82, 2.24) is 9.97 Å². The molecule has 0 fully saturated rings. The molecule has 1 aromatic heterocycles. The Morgan fingerprint density at radius 2 is 2.00 bits per heavy atom. The van der Waals surface area contributed by atoms with Gasteiger partial charge in [0.05, 0.1) is 15.5 Å². The van der Waals surface area contributed by atoms with Gasteiger partial charge in [0, 0.05) is 7.05 Å². The third-order valence-electron chi connectivity index (χ3n) is 2.17. The molecule has 1 aromatic carbocycles. The average molecular weight is 362 g/mol. The van der Waals surface area contributed by atoms with E-state index in [9.17, 15) is 8.78 Å². The smallest absolute Gasteiger partial charge is 0.224 e. The summed E-state index contributed by atoms with van der Waals surface area (Å²) in [4.78, 5) is 7.65. The Bertz CT molecular complexity index is 577. The second-order valence-electron chi connectivity index (χ2n) is 3.37. The SMILES string of the molecule is CNc1ncc(F)c(Nc2cccc(F)c2I)n1. The van der Waals surface area contributed by atoms with Gasteiger partial charge in [0.1, 0.15) is 5.82 Å². The molecule has 0 aliphatic rings. The summed E-state index contributed by atoms with van der Waals surface area (Å²) in [6.45, 7) is 0. The number of hydrogen-bond acceptors (Lipinski definition) is 4. The van der Waals surface area contributed by atoms with Crippen LogP contribution in [-0.2, 0) is 0 Å². The Labute approximate surface area is 116 Å². The average Bonchev–Trinajstić information content (AvgIpc) is 2.37. The van der Waals surface area contributed by atoms with E-state index in [2.05, 4.69) is 20.6 Å². The molecule has 18 heavy (non-hydrogen) atoms. The summed E-state index contributed by atoms with van der Waals surface area (Å²) in [5.74, 6) is -0.693. The first-order valence-corrected chi connectivity index (χ1v) is 6.11. The van der Waals surface area contributed by atoms with Gasteiger partial charge >= 0.3 is 0 Å². The van der Waals surface area contributed by atoms with Gasteiger partial charge < -0.3 is 10.6 Å². The van der Waals surface area contributed by atoms with Crippen LogP contribution in [0.2, 0.25) is 0 Å². The van der Waals surface area contributed by atoms with Crippen LogP contribution >= 0.6 is 22.6 Å². The number of aromatic nitrogens is 2. The van der Waals surface area contributed by atoms with Crippen LogP contribution in [0.3, 0.4) is 0 Å². The van der Waals surface area contributed by atoms with Crippen LogP contribution < -0.4 is 10.6 Å². The van der Waals surface area contributed by atoms with Gasteiger partial charge in [-0.1, -0.05) is 6.07 Å². The number of benzene rings is 1. The van der Waals surface area contributed by atoms with Gasteiger partial charge in [-0.25, -0.2) is 13.8 Å². The minimum Gasteiger partial charge on any atom is -0.357 e. The first-order chi connectivity index (χ1) is 8.61. The van der Waals surface area contributed by atoms with Gasteiger partial charge in [0.25, 0.3) is 0 Å². The van der Waals surface area contributed by atoms with Crippen LogP contribution in [-0.4, -0.2) is 17.0 Å². The number of halogens is 3. The molecule has 0 saturated heterocycles. The van der Waals surface area contributed by atoms with Crippen LogP contribution in [0.15, 0.2) is 24.4 Å². The quantitative estimate of drug-likeness (QED) is 0.824. The topological polar surface area (TPSA) is 49.8 Å². The maximum Gasteiger partial charge on any atom is 0.224 e. The number of rotatable bonds is 3. The highest BCUT2D eigenvalue weighted by molar-refractivity contribution is 14.1. The van der Waals surface area contributed by atoms with Crippen molar-refractivity contribution in [2.24, 2.45) is 0 Å². The highest BCUT2D eigenvalue weighted by atomic mass is 127. The molecular weight excluding hydrogens is 353 g/mol. The fraction of sp³-hybridized carbons (Fsp3) is 0.0909. The zero-order valence-electron chi connectivity index (χ0n) is 9.34. The molecule has 0 radical (unpaired) electrons. The van der Waals surface area contributed by atoms with Gasteiger partial charge in [-0.05, 0) is 34.7 Å². The lowest BCUT2D eigenvalue weighted by Gasteiger charge is -2.09. The summed E-state index contributed by atoms with van der Waals surface area (Å²) in [7, 11) is 1.63. The summed E-state index contributed by atoms with van der Waals surface area (Å²) in [5, 5.41) is 5.44. The summed E-state index contributed by atoms with van der Waals surface area (Å²) >= 11 is 1.84. The van der Waals surface area contributed by atoms with E-state index in [1.165, 1.54) is 12.1 Å². The van der Waals surface area contributed by atoms with Gasteiger partial charge in [-0.15, -0.1) is 0 Å². The van der Waals surface area contributed by atoms with Crippen LogP contribution in [0.1, 0.15) is 0 Å². The molecule has 7 heteroatoms. The van der Waals surface area contributed by atoms with Crippen LogP contribution in [0.4, 0.5) is 26.2 Å². The molecule has 0 atom stereocenters. The van der Waals surface area contributed by atoms with Crippen molar-refractivity contribution in [3.63, 3.8) is 0 Å². The largest absolute Gasteiger partial charge is 0.357 e. The normalized spacial score (nSPS) is 10.2. The lowest BCUT2D eigenvalue weighted by atomic mass is 10.3. The highest BCUT2D eigenvalue weighted by Gasteiger charge is 2.10. The third kappa shape index (κ3) is 2.66. The Balaban J connectivity index is 2.36. The molecular formula is C11H9F2IN4. The summed E-state index contributed by atoms with van der Waals surface area (Å²) in [5.41, 5.74) is 0.454. The summed E-state index contributed by atoms with van der Waals surface area (Å²) in [6.07, 6.45) is 1.05. The summed E-state index contributed by atoms with van der Waals surface area (Å²) in [6, 6.07) is 4.52. The molecule has 0 aliphatic carbocycles. The van der Waals surface area contributed by atoms with Crippen molar-refractivity contribution in [3.05, 3.63) is 39.6 Å². The predicted octanol–water partition coefficient (Wildman–Crippen LogP) is 3.14. The third-order valence-corrected chi connectivity index (χ3v) is 3.27. The molecule has 4 nitrogen and oxygen atoms in total. The number of hydrogen-bond donors (Lipinski definition) is 2. The van der Waals surface area contributed by atoms with E-state index in [1.807, 2.05) is 22.6 Å². The molecule has 2 N–H and O–H groups in total. The Morgan fingerprint density at radius 3 is 2.72 bits per heavy atom. The lowest BCUT2D eigenvalue weighted by molar-refractivity contribution is 0.617. The van der Waals surface area contributed by atoms with Gasteiger partial charge in [-0.2, -0.15) is 4.98 Å².